The number of nitrogens with one attached hydrogen (secondary N) is 1. The first-order valence-corrected chi connectivity index (χ1v) is 6.64. The van der Waals surface area contributed by atoms with Crippen LogP contribution < -0.4 is 11.1 Å². The summed E-state index contributed by atoms with van der Waals surface area (Å²) >= 11 is 0. The van der Waals surface area contributed by atoms with Gasteiger partial charge < -0.3 is 11.1 Å². The fourth-order valence-electron chi connectivity index (χ4n) is 2.32. The largest absolute Gasteiger partial charge is 0.355 e. The highest BCUT2D eigenvalue weighted by molar-refractivity contribution is 5.81. The zero-order valence-electron chi connectivity index (χ0n) is 10.7. The summed E-state index contributed by atoms with van der Waals surface area (Å²) in [4.78, 5) is 11.5. The lowest BCUT2D eigenvalue weighted by Gasteiger charge is -2.15. The van der Waals surface area contributed by atoms with Crippen molar-refractivity contribution in [3.63, 3.8) is 0 Å². The van der Waals surface area contributed by atoms with Gasteiger partial charge in [0.2, 0.25) is 5.91 Å². The number of hydrogen-bond donors (Lipinski definition) is 2. The van der Waals surface area contributed by atoms with Gasteiger partial charge in [0, 0.05) is 6.54 Å². The maximum Gasteiger partial charge on any atom is 0.237 e. The molecule has 1 atom stereocenters. The van der Waals surface area contributed by atoms with E-state index in [1.165, 1.54) is 32.1 Å². The molecule has 3 heteroatoms. The van der Waals surface area contributed by atoms with Crippen LogP contribution in [0.2, 0.25) is 0 Å². The van der Waals surface area contributed by atoms with Gasteiger partial charge in [-0.15, -0.1) is 0 Å². The average molecular weight is 226 g/mol. The molecular weight excluding hydrogens is 200 g/mol. The van der Waals surface area contributed by atoms with Crippen LogP contribution in [0.1, 0.15) is 52.4 Å². The quantitative estimate of drug-likeness (QED) is 0.681. The molecule has 16 heavy (non-hydrogen) atoms. The number of hydrogen-bond acceptors (Lipinski definition) is 2. The van der Waals surface area contributed by atoms with Crippen molar-refractivity contribution in [1.29, 1.82) is 0 Å². The third-order valence-electron chi connectivity index (χ3n) is 3.58. The Morgan fingerprint density at radius 1 is 1.38 bits per heavy atom. The summed E-state index contributed by atoms with van der Waals surface area (Å²) in [5, 5.41) is 2.92. The van der Waals surface area contributed by atoms with E-state index < -0.39 is 0 Å². The lowest BCUT2D eigenvalue weighted by Crippen LogP contribution is -2.44. The van der Waals surface area contributed by atoms with Crippen LogP contribution in [0.4, 0.5) is 0 Å². The highest BCUT2D eigenvalue weighted by Gasteiger charge is 2.17. The Hall–Kier alpha value is -0.570. The Morgan fingerprint density at radius 2 is 2.00 bits per heavy atom. The maximum absolute atomic E-state index is 11.5. The Balaban J connectivity index is 2.03. The van der Waals surface area contributed by atoms with E-state index in [9.17, 15) is 4.79 Å². The van der Waals surface area contributed by atoms with Crippen molar-refractivity contribution in [3.05, 3.63) is 0 Å². The molecule has 1 aliphatic rings. The number of rotatable bonds is 6. The van der Waals surface area contributed by atoms with Gasteiger partial charge in [-0.3, -0.25) is 4.79 Å². The van der Waals surface area contributed by atoms with Gasteiger partial charge in [0.25, 0.3) is 0 Å². The van der Waals surface area contributed by atoms with Gasteiger partial charge in [-0.1, -0.05) is 39.5 Å². The van der Waals surface area contributed by atoms with E-state index >= 15 is 0 Å². The summed E-state index contributed by atoms with van der Waals surface area (Å²) in [7, 11) is 0. The summed E-state index contributed by atoms with van der Waals surface area (Å²) in [6.07, 6.45) is 7.93. The van der Waals surface area contributed by atoms with Crippen LogP contribution in [0, 0.1) is 11.8 Å². The molecule has 0 radical (unpaired) electrons. The lowest BCUT2D eigenvalue weighted by molar-refractivity contribution is -0.123. The minimum atomic E-state index is -0.355. The summed E-state index contributed by atoms with van der Waals surface area (Å²) in [6, 6.07) is -0.355. The monoisotopic (exact) mass is 226 g/mol. The van der Waals surface area contributed by atoms with Crippen molar-refractivity contribution < 1.29 is 4.79 Å². The third kappa shape index (κ3) is 4.52. The molecule has 0 aromatic rings. The lowest BCUT2D eigenvalue weighted by atomic mass is 10.0. The first kappa shape index (κ1) is 13.5. The van der Waals surface area contributed by atoms with Gasteiger partial charge in [0.1, 0.15) is 0 Å². The van der Waals surface area contributed by atoms with Crippen molar-refractivity contribution in [2.24, 2.45) is 17.6 Å². The smallest absolute Gasteiger partial charge is 0.237 e. The van der Waals surface area contributed by atoms with Crippen molar-refractivity contribution >= 4 is 5.91 Å². The molecule has 3 nitrogen and oxygen atoms in total. The maximum atomic E-state index is 11.5. The fourth-order valence-corrected chi connectivity index (χ4v) is 2.32. The van der Waals surface area contributed by atoms with E-state index in [1.54, 1.807) is 0 Å². The van der Waals surface area contributed by atoms with E-state index in [4.69, 9.17) is 5.73 Å². The SMILES string of the molecule is CC(C)C(N)C(=O)NCCCC1CCCC1. The zero-order valence-corrected chi connectivity index (χ0v) is 10.7. The predicted octanol–water partition coefficient (Wildman–Crippen LogP) is 2.06. The van der Waals surface area contributed by atoms with Gasteiger partial charge in [-0.25, -0.2) is 0 Å². The molecule has 1 unspecified atom stereocenters. The second-order valence-electron chi connectivity index (χ2n) is 5.35. The van der Waals surface area contributed by atoms with Crippen LogP contribution in [0.25, 0.3) is 0 Å². The molecule has 94 valence electrons. The number of amides is 1. The second-order valence-corrected chi connectivity index (χ2v) is 5.35. The molecular formula is C13H26N2O. The highest BCUT2D eigenvalue weighted by atomic mass is 16.2. The molecule has 0 aromatic carbocycles. The fraction of sp³-hybridized carbons (Fsp3) is 0.923. The number of carbonyl (C=O) groups excluding carboxylic acids is 1. The molecule has 0 heterocycles. The molecule has 0 saturated heterocycles. The number of nitrogens with two attached hydrogens (primary N) is 1. The van der Waals surface area contributed by atoms with Crippen molar-refractivity contribution in [1.82, 2.24) is 5.32 Å². The highest BCUT2D eigenvalue weighted by Crippen LogP contribution is 2.28. The minimum Gasteiger partial charge on any atom is -0.355 e. The molecule has 1 fully saturated rings. The minimum absolute atomic E-state index is 0.00132. The van der Waals surface area contributed by atoms with Crippen LogP contribution in [-0.2, 0) is 4.79 Å². The molecule has 1 amide bonds. The first-order valence-electron chi connectivity index (χ1n) is 6.64. The van der Waals surface area contributed by atoms with E-state index in [-0.39, 0.29) is 17.9 Å². The summed E-state index contributed by atoms with van der Waals surface area (Å²) < 4.78 is 0. The molecule has 0 bridgehead atoms. The van der Waals surface area contributed by atoms with Crippen LogP contribution in [0.15, 0.2) is 0 Å². The van der Waals surface area contributed by atoms with E-state index in [0.29, 0.717) is 0 Å². The van der Waals surface area contributed by atoms with Gasteiger partial charge in [-0.2, -0.15) is 0 Å². The van der Waals surface area contributed by atoms with Crippen LogP contribution in [-0.4, -0.2) is 18.5 Å². The molecule has 1 saturated carbocycles. The Kier molecular flexibility index (Phi) is 5.81. The standard InChI is InChI=1S/C13H26N2O/c1-10(2)12(14)13(16)15-9-5-8-11-6-3-4-7-11/h10-12H,3-9,14H2,1-2H3,(H,15,16). The van der Waals surface area contributed by atoms with E-state index in [2.05, 4.69) is 5.32 Å². The van der Waals surface area contributed by atoms with Crippen molar-refractivity contribution in [3.8, 4) is 0 Å². The Morgan fingerprint density at radius 3 is 2.56 bits per heavy atom. The van der Waals surface area contributed by atoms with Crippen molar-refractivity contribution in [2.75, 3.05) is 6.54 Å². The van der Waals surface area contributed by atoms with Crippen LogP contribution in [0.5, 0.6) is 0 Å². The molecule has 1 rings (SSSR count). The van der Waals surface area contributed by atoms with Gasteiger partial charge in [0.05, 0.1) is 6.04 Å². The second kappa shape index (κ2) is 6.89. The summed E-state index contributed by atoms with van der Waals surface area (Å²) in [5.74, 6) is 1.13. The normalized spacial score (nSPS) is 19.0. The van der Waals surface area contributed by atoms with E-state index in [1.807, 2.05) is 13.8 Å². The summed E-state index contributed by atoms with van der Waals surface area (Å²) in [5.41, 5.74) is 5.75. The third-order valence-corrected chi connectivity index (χ3v) is 3.58. The van der Waals surface area contributed by atoms with Gasteiger partial charge in [0.15, 0.2) is 0 Å². The van der Waals surface area contributed by atoms with Gasteiger partial charge in [-0.05, 0) is 24.7 Å². The molecule has 0 aliphatic heterocycles. The van der Waals surface area contributed by atoms with Crippen LogP contribution in [0.3, 0.4) is 0 Å². The van der Waals surface area contributed by atoms with Gasteiger partial charge >= 0.3 is 0 Å². The van der Waals surface area contributed by atoms with Crippen molar-refractivity contribution in [2.45, 2.75) is 58.4 Å². The first-order chi connectivity index (χ1) is 7.61. The molecule has 1 aliphatic carbocycles. The number of carbonyl (C=O) groups is 1. The zero-order chi connectivity index (χ0) is 12.0. The summed E-state index contributed by atoms with van der Waals surface area (Å²) in [6.45, 7) is 4.74. The predicted molar refractivity (Wildman–Crippen MR) is 67.0 cm³/mol. The molecule has 3 N–H and O–H groups in total. The van der Waals surface area contributed by atoms with Crippen LogP contribution >= 0.6 is 0 Å². The topological polar surface area (TPSA) is 55.1 Å². The molecule has 0 aromatic heterocycles. The molecule has 0 spiro atoms. The van der Waals surface area contributed by atoms with E-state index in [0.717, 1.165) is 18.9 Å². The average Bonchev–Trinajstić information content (AvgIpc) is 2.75. The Bertz CT molecular complexity index is 210. The Labute approximate surface area is 99.2 Å².